The summed E-state index contributed by atoms with van der Waals surface area (Å²) in [5.41, 5.74) is 7.37. The molecule has 7 heteroatoms. The molecule has 0 saturated carbocycles. The Labute approximate surface area is 203 Å². The van der Waals surface area contributed by atoms with Crippen molar-refractivity contribution in [2.75, 3.05) is 31.2 Å². The number of thiazole rings is 1. The Morgan fingerprint density at radius 2 is 1.76 bits per heavy atom. The molecule has 1 fully saturated rings. The predicted octanol–water partition coefficient (Wildman–Crippen LogP) is 5.26. The highest BCUT2D eigenvalue weighted by Crippen LogP contribution is 2.22. The highest BCUT2D eigenvalue weighted by molar-refractivity contribution is 7.07. The summed E-state index contributed by atoms with van der Waals surface area (Å²) in [5, 5.41) is 7.13. The summed E-state index contributed by atoms with van der Waals surface area (Å²) < 4.78 is 7.41. The second-order valence-corrected chi connectivity index (χ2v) is 9.07. The highest BCUT2D eigenvalue weighted by atomic mass is 32.1. The summed E-state index contributed by atoms with van der Waals surface area (Å²) in [7, 11) is 0. The minimum absolute atomic E-state index is 0.780. The van der Waals surface area contributed by atoms with E-state index in [1.54, 1.807) is 23.7 Å². The number of pyridine rings is 1. The molecular formula is C27H27N5OS. The Balaban J connectivity index is 1.53. The van der Waals surface area contributed by atoms with Gasteiger partial charge in [0, 0.05) is 35.9 Å². The number of benzene rings is 2. The fraction of sp³-hybridized carbons (Fsp3) is 0.222. The van der Waals surface area contributed by atoms with Crippen molar-refractivity contribution in [3.8, 4) is 11.3 Å². The van der Waals surface area contributed by atoms with Crippen LogP contribution in [-0.4, -0.2) is 41.7 Å². The Kier molecular flexibility index (Phi) is 6.65. The lowest BCUT2D eigenvalue weighted by Gasteiger charge is -2.28. The molecule has 2 aromatic heterocycles. The number of hydrogen-bond donors (Lipinski definition) is 0. The molecule has 0 N–H and O–H groups in total. The number of aromatic nitrogens is 2. The molecule has 3 heterocycles. The Hall–Kier alpha value is -3.55. The van der Waals surface area contributed by atoms with Gasteiger partial charge in [0.25, 0.3) is 0 Å². The van der Waals surface area contributed by atoms with E-state index in [1.165, 1.54) is 11.3 Å². The molecule has 0 radical (unpaired) electrons. The van der Waals surface area contributed by atoms with Crippen LogP contribution in [-0.2, 0) is 4.74 Å². The molecule has 0 spiro atoms. The summed E-state index contributed by atoms with van der Waals surface area (Å²) in [6.07, 6.45) is 3.51. The third-order valence-corrected chi connectivity index (χ3v) is 6.63. The number of ether oxygens (including phenoxy) is 1. The summed E-state index contributed by atoms with van der Waals surface area (Å²) in [6.45, 7) is 7.55. The lowest BCUT2D eigenvalue weighted by Crippen LogP contribution is -2.36. The van der Waals surface area contributed by atoms with E-state index >= 15 is 0 Å². The molecule has 5 rings (SSSR count). The molecule has 0 atom stereocenters. The second-order valence-electron chi connectivity index (χ2n) is 8.24. The zero-order valence-corrected chi connectivity index (χ0v) is 20.2. The minimum atomic E-state index is 0.780. The average Bonchev–Trinajstić information content (AvgIpc) is 3.27. The van der Waals surface area contributed by atoms with Gasteiger partial charge < -0.3 is 9.64 Å². The molecule has 0 unspecified atom stereocenters. The maximum absolute atomic E-state index is 5.47. The van der Waals surface area contributed by atoms with Crippen LogP contribution in [0.25, 0.3) is 11.3 Å². The quantitative estimate of drug-likeness (QED) is 0.375. The van der Waals surface area contributed by atoms with Gasteiger partial charge in [0.2, 0.25) is 4.80 Å². The number of anilines is 1. The molecule has 1 aliphatic rings. The third-order valence-electron chi connectivity index (χ3n) is 5.81. The molecule has 6 nitrogen and oxygen atoms in total. The molecule has 4 aromatic rings. The predicted molar refractivity (Wildman–Crippen MR) is 139 cm³/mol. The lowest BCUT2D eigenvalue weighted by atomic mass is 10.1. The third kappa shape index (κ3) is 5.00. The van der Waals surface area contributed by atoms with Gasteiger partial charge in [0.15, 0.2) is 0 Å². The number of hydrogen-bond acceptors (Lipinski definition) is 6. The van der Waals surface area contributed by atoms with Gasteiger partial charge in [-0.25, -0.2) is 9.67 Å². The highest BCUT2D eigenvalue weighted by Gasteiger charge is 2.12. The first-order chi connectivity index (χ1) is 16.7. The Morgan fingerprint density at radius 3 is 2.47 bits per heavy atom. The van der Waals surface area contributed by atoms with E-state index in [9.17, 15) is 0 Å². The molecular weight excluding hydrogens is 442 g/mol. The van der Waals surface area contributed by atoms with Crippen LogP contribution in [0.5, 0.6) is 0 Å². The van der Waals surface area contributed by atoms with Crippen LogP contribution in [0.1, 0.15) is 18.1 Å². The van der Waals surface area contributed by atoms with E-state index in [0.29, 0.717) is 0 Å². The summed E-state index contributed by atoms with van der Waals surface area (Å²) in [5.74, 6) is 0. The van der Waals surface area contributed by atoms with E-state index in [0.717, 1.165) is 59.3 Å². The van der Waals surface area contributed by atoms with Gasteiger partial charge in [-0.1, -0.05) is 42.0 Å². The average molecular weight is 470 g/mol. The normalized spacial score (nSPS) is 15.1. The lowest BCUT2D eigenvalue weighted by molar-refractivity contribution is 0.122. The molecule has 0 bridgehead atoms. The van der Waals surface area contributed by atoms with Crippen molar-refractivity contribution in [2.24, 2.45) is 10.1 Å². The molecule has 1 aliphatic heterocycles. The van der Waals surface area contributed by atoms with Gasteiger partial charge in [-0.05, 0) is 43.7 Å². The molecule has 0 amide bonds. The van der Waals surface area contributed by atoms with Crippen molar-refractivity contribution in [3.63, 3.8) is 0 Å². The van der Waals surface area contributed by atoms with E-state index in [4.69, 9.17) is 14.8 Å². The van der Waals surface area contributed by atoms with E-state index in [2.05, 4.69) is 70.7 Å². The van der Waals surface area contributed by atoms with Gasteiger partial charge in [-0.3, -0.25) is 4.98 Å². The standard InChI is InChI=1S/C27H27N5OS/c1-20-5-7-23(8-6-20)26-19-34-27(29-24-4-3-13-28-18-24)32(26)30-21(2)22-9-11-25(12-10-22)31-14-16-33-17-15-31/h3-13,18-19H,14-17H2,1-2H3. The first-order valence-electron chi connectivity index (χ1n) is 11.4. The molecule has 34 heavy (non-hydrogen) atoms. The fourth-order valence-corrected chi connectivity index (χ4v) is 4.72. The maximum Gasteiger partial charge on any atom is 0.211 e. The maximum atomic E-state index is 5.47. The number of nitrogens with zero attached hydrogens (tertiary/aromatic N) is 5. The number of morpholine rings is 1. The van der Waals surface area contributed by atoms with E-state index < -0.39 is 0 Å². The SMILES string of the molecule is CC(=Nn1c(-c2ccc(C)cc2)csc1=Nc1cccnc1)c1ccc(N2CCOCC2)cc1. The fourth-order valence-electron chi connectivity index (χ4n) is 3.87. The van der Waals surface area contributed by atoms with Crippen molar-refractivity contribution in [2.45, 2.75) is 13.8 Å². The van der Waals surface area contributed by atoms with Crippen LogP contribution >= 0.6 is 11.3 Å². The second kappa shape index (κ2) is 10.2. The molecule has 1 saturated heterocycles. The topological polar surface area (TPSA) is 55.0 Å². The van der Waals surface area contributed by atoms with Crippen molar-refractivity contribution < 1.29 is 4.74 Å². The van der Waals surface area contributed by atoms with Gasteiger partial charge in [0.05, 0.1) is 36.5 Å². The zero-order valence-electron chi connectivity index (χ0n) is 19.4. The first-order valence-corrected chi connectivity index (χ1v) is 12.3. The van der Waals surface area contributed by atoms with E-state index in [-0.39, 0.29) is 0 Å². The number of aryl methyl sites for hydroxylation is 1. The Bertz CT molecular complexity index is 1330. The summed E-state index contributed by atoms with van der Waals surface area (Å²) in [4.78, 5) is 12.2. The van der Waals surface area contributed by atoms with Crippen LogP contribution in [0.4, 0.5) is 11.4 Å². The van der Waals surface area contributed by atoms with Crippen LogP contribution in [0.15, 0.2) is 88.5 Å². The van der Waals surface area contributed by atoms with Crippen molar-refractivity contribution in [1.29, 1.82) is 0 Å². The van der Waals surface area contributed by atoms with Crippen LogP contribution in [0.2, 0.25) is 0 Å². The van der Waals surface area contributed by atoms with Gasteiger partial charge >= 0.3 is 0 Å². The van der Waals surface area contributed by atoms with Gasteiger partial charge in [0.1, 0.15) is 0 Å². The molecule has 2 aromatic carbocycles. The largest absolute Gasteiger partial charge is 0.378 e. The minimum Gasteiger partial charge on any atom is -0.378 e. The van der Waals surface area contributed by atoms with Crippen LogP contribution in [0.3, 0.4) is 0 Å². The molecule has 172 valence electrons. The van der Waals surface area contributed by atoms with Crippen molar-refractivity contribution >= 4 is 28.4 Å². The van der Waals surface area contributed by atoms with Crippen LogP contribution in [0, 0.1) is 6.92 Å². The summed E-state index contributed by atoms with van der Waals surface area (Å²) >= 11 is 1.57. The van der Waals surface area contributed by atoms with Crippen molar-refractivity contribution in [3.05, 3.63) is 94.4 Å². The van der Waals surface area contributed by atoms with Gasteiger partial charge in [-0.15, -0.1) is 11.3 Å². The first kappa shape index (κ1) is 22.3. The van der Waals surface area contributed by atoms with E-state index in [1.807, 2.05) is 23.7 Å². The van der Waals surface area contributed by atoms with Crippen LogP contribution < -0.4 is 9.70 Å². The number of rotatable bonds is 5. The molecule has 0 aliphatic carbocycles. The Morgan fingerprint density at radius 1 is 1.00 bits per heavy atom. The van der Waals surface area contributed by atoms with Gasteiger partial charge in [-0.2, -0.15) is 5.10 Å². The monoisotopic (exact) mass is 469 g/mol. The zero-order chi connectivity index (χ0) is 23.3. The van der Waals surface area contributed by atoms with Crippen molar-refractivity contribution in [1.82, 2.24) is 9.66 Å². The smallest absolute Gasteiger partial charge is 0.211 e. The summed E-state index contributed by atoms with van der Waals surface area (Å²) in [6, 6.07) is 20.9.